The van der Waals surface area contributed by atoms with Gasteiger partial charge in [0.05, 0.1) is 11.3 Å². The number of benzene rings is 3. The number of aromatic nitrogens is 1. The van der Waals surface area contributed by atoms with Crippen molar-refractivity contribution in [2.75, 3.05) is 10.6 Å². The number of hydrogen-bond donors (Lipinski definition) is 2. The maximum Gasteiger partial charge on any atom is 0.416 e. The monoisotopic (exact) mass is 490 g/mol. The standard InChI is InChI=1S/C27H21F3N4O2/c28-27(29,30)20-11-14-22(19-5-2-1-3-6-19)24(15-20)34(17-35)21-12-9-18(10-13-21)16-32-26(36)23-7-4-8-25(31)33-23/h1-15,17H,16H2,(H2,31,33)(H,32,36). The van der Waals surface area contributed by atoms with E-state index in [2.05, 4.69) is 10.3 Å². The highest BCUT2D eigenvalue weighted by Crippen LogP contribution is 2.39. The Kier molecular flexibility index (Phi) is 7.00. The summed E-state index contributed by atoms with van der Waals surface area (Å²) >= 11 is 0. The Labute approximate surface area is 205 Å². The van der Waals surface area contributed by atoms with Gasteiger partial charge in [-0.15, -0.1) is 0 Å². The molecule has 0 atom stereocenters. The molecule has 0 bridgehead atoms. The molecule has 1 aromatic heterocycles. The van der Waals surface area contributed by atoms with Crippen molar-refractivity contribution in [3.63, 3.8) is 0 Å². The Bertz CT molecular complexity index is 1370. The molecule has 0 aliphatic carbocycles. The van der Waals surface area contributed by atoms with Crippen molar-refractivity contribution >= 4 is 29.5 Å². The molecule has 182 valence electrons. The summed E-state index contributed by atoms with van der Waals surface area (Å²) in [5.41, 5.74) is 7.25. The van der Waals surface area contributed by atoms with E-state index in [-0.39, 0.29) is 23.7 Å². The molecular weight excluding hydrogens is 469 g/mol. The van der Waals surface area contributed by atoms with E-state index in [9.17, 15) is 22.8 Å². The molecule has 4 aromatic rings. The zero-order chi connectivity index (χ0) is 25.7. The van der Waals surface area contributed by atoms with Crippen LogP contribution in [0.25, 0.3) is 11.1 Å². The summed E-state index contributed by atoms with van der Waals surface area (Å²) < 4.78 is 40.4. The number of alkyl halides is 3. The number of nitrogens with one attached hydrogen (secondary N) is 1. The first-order chi connectivity index (χ1) is 17.3. The lowest BCUT2D eigenvalue weighted by Crippen LogP contribution is -2.24. The minimum absolute atomic E-state index is 0.0971. The number of carbonyl (C=O) groups excluding carboxylic acids is 2. The van der Waals surface area contributed by atoms with Gasteiger partial charge in [0.15, 0.2) is 0 Å². The third kappa shape index (κ3) is 5.52. The van der Waals surface area contributed by atoms with E-state index in [0.717, 1.165) is 17.0 Å². The predicted molar refractivity (Wildman–Crippen MR) is 131 cm³/mol. The summed E-state index contributed by atoms with van der Waals surface area (Å²) in [7, 11) is 0. The number of nitrogen functional groups attached to an aromatic ring is 1. The van der Waals surface area contributed by atoms with Crippen LogP contribution >= 0.6 is 0 Å². The number of nitrogens with zero attached hydrogens (tertiary/aromatic N) is 2. The van der Waals surface area contributed by atoms with Gasteiger partial charge < -0.3 is 11.1 Å². The number of nitrogens with two attached hydrogens (primary N) is 1. The topological polar surface area (TPSA) is 88.3 Å². The summed E-state index contributed by atoms with van der Waals surface area (Å²) in [6.45, 7) is 0.176. The van der Waals surface area contributed by atoms with Gasteiger partial charge in [0, 0.05) is 17.8 Å². The van der Waals surface area contributed by atoms with Crippen LogP contribution in [0.15, 0.2) is 91.0 Å². The highest BCUT2D eigenvalue weighted by molar-refractivity contribution is 5.94. The molecule has 0 unspecified atom stereocenters. The van der Waals surface area contributed by atoms with Crippen molar-refractivity contribution in [3.8, 4) is 11.1 Å². The number of rotatable bonds is 7. The van der Waals surface area contributed by atoms with E-state index in [1.165, 1.54) is 12.1 Å². The fourth-order valence-electron chi connectivity index (χ4n) is 3.65. The Morgan fingerprint density at radius 3 is 2.31 bits per heavy atom. The molecule has 36 heavy (non-hydrogen) atoms. The average Bonchev–Trinajstić information content (AvgIpc) is 2.88. The Morgan fingerprint density at radius 2 is 1.67 bits per heavy atom. The summed E-state index contributed by atoms with van der Waals surface area (Å²) in [6, 6.07) is 23.5. The van der Waals surface area contributed by atoms with Crippen LogP contribution in [0.1, 0.15) is 21.6 Å². The van der Waals surface area contributed by atoms with Gasteiger partial charge in [-0.25, -0.2) is 4.98 Å². The summed E-state index contributed by atoms with van der Waals surface area (Å²) in [6.07, 6.45) is -4.09. The molecule has 6 nitrogen and oxygen atoms in total. The van der Waals surface area contributed by atoms with Crippen LogP contribution in [0, 0.1) is 0 Å². The second-order valence-corrected chi connectivity index (χ2v) is 7.87. The van der Waals surface area contributed by atoms with E-state index in [0.29, 0.717) is 28.8 Å². The predicted octanol–water partition coefficient (Wildman–Crippen LogP) is 5.57. The fourth-order valence-corrected chi connectivity index (χ4v) is 3.65. The zero-order valence-corrected chi connectivity index (χ0v) is 18.9. The molecule has 9 heteroatoms. The van der Waals surface area contributed by atoms with Gasteiger partial charge in [-0.3, -0.25) is 14.5 Å². The molecule has 0 saturated heterocycles. The van der Waals surface area contributed by atoms with Crippen LogP contribution in [-0.2, 0) is 17.5 Å². The average molecular weight is 490 g/mol. The summed E-state index contributed by atoms with van der Waals surface area (Å²) in [5, 5.41) is 2.73. The largest absolute Gasteiger partial charge is 0.416 e. The maximum absolute atomic E-state index is 13.5. The van der Waals surface area contributed by atoms with Crippen molar-refractivity contribution in [1.82, 2.24) is 10.3 Å². The molecule has 1 heterocycles. The number of anilines is 3. The molecular formula is C27H21F3N4O2. The molecule has 0 spiro atoms. The van der Waals surface area contributed by atoms with Crippen molar-refractivity contribution in [2.24, 2.45) is 0 Å². The minimum Gasteiger partial charge on any atom is -0.384 e. The lowest BCUT2D eigenvalue weighted by atomic mass is 10.00. The molecule has 3 aromatic carbocycles. The van der Waals surface area contributed by atoms with Crippen molar-refractivity contribution in [1.29, 1.82) is 0 Å². The third-order valence-electron chi connectivity index (χ3n) is 5.45. The van der Waals surface area contributed by atoms with Gasteiger partial charge in [0.1, 0.15) is 11.5 Å². The van der Waals surface area contributed by atoms with Crippen molar-refractivity contribution < 1.29 is 22.8 Å². The minimum atomic E-state index is -4.57. The van der Waals surface area contributed by atoms with Crippen LogP contribution in [0.3, 0.4) is 0 Å². The number of halogens is 3. The van der Waals surface area contributed by atoms with Crippen molar-refractivity contribution in [3.05, 3.63) is 108 Å². The molecule has 4 rings (SSSR count). The first kappa shape index (κ1) is 24.5. The second-order valence-electron chi connectivity index (χ2n) is 7.87. The molecule has 0 aliphatic rings. The van der Waals surface area contributed by atoms with Gasteiger partial charge in [0.25, 0.3) is 5.91 Å². The fraction of sp³-hybridized carbons (Fsp3) is 0.0741. The number of pyridine rings is 1. The van der Waals surface area contributed by atoms with Crippen LogP contribution in [-0.4, -0.2) is 17.3 Å². The highest BCUT2D eigenvalue weighted by atomic mass is 19.4. The van der Waals surface area contributed by atoms with Crippen LogP contribution < -0.4 is 16.0 Å². The van der Waals surface area contributed by atoms with E-state index >= 15 is 0 Å². The SMILES string of the molecule is Nc1cccc(C(=O)NCc2ccc(N(C=O)c3cc(C(F)(F)F)ccc3-c3ccccc3)cc2)n1. The van der Waals surface area contributed by atoms with Gasteiger partial charge in [-0.05, 0) is 47.5 Å². The molecule has 2 amide bonds. The first-order valence-corrected chi connectivity index (χ1v) is 10.9. The van der Waals surface area contributed by atoms with Gasteiger partial charge in [0.2, 0.25) is 6.41 Å². The number of amides is 2. The zero-order valence-electron chi connectivity index (χ0n) is 18.9. The van der Waals surface area contributed by atoms with Gasteiger partial charge >= 0.3 is 6.18 Å². The molecule has 0 radical (unpaired) electrons. The Morgan fingerprint density at radius 1 is 0.944 bits per heavy atom. The molecule has 0 fully saturated rings. The molecule has 0 saturated carbocycles. The summed E-state index contributed by atoms with van der Waals surface area (Å²) in [4.78, 5) is 29.5. The van der Waals surface area contributed by atoms with Crippen LogP contribution in [0.5, 0.6) is 0 Å². The second kappa shape index (κ2) is 10.3. The van der Waals surface area contributed by atoms with Gasteiger partial charge in [-0.1, -0.05) is 54.6 Å². The van der Waals surface area contributed by atoms with Crippen LogP contribution in [0.2, 0.25) is 0 Å². The maximum atomic E-state index is 13.5. The van der Waals surface area contributed by atoms with Crippen LogP contribution in [0.4, 0.5) is 30.4 Å². The highest BCUT2D eigenvalue weighted by Gasteiger charge is 2.32. The van der Waals surface area contributed by atoms with Gasteiger partial charge in [-0.2, -0.15) is 13.2 Å². The Balaban J connectivity index is 1.60. The van der Waals surface area contributed by atoms with E-state index in [1.54, 1.807) is 66.7 Å². The van der Waals surface area contributed by atoms with E-state index < -0.39 is 17.6 Å². The smallest absolute Gasteiger partial charge is 0.384 e. The molecule has 0 aliphatic heterocycles. The quantitative estimate of drug-likeness (QED) is 0.332. The lowest BCUT2D eigenvalue weighted by molar-refractivity contribution is -0.137. The molecule has 3 N–H and O–H groups in total. The van der Waals surface area contributed by atoms with E-state index in [4.69, 9.17) is 5.73 Å². The normalized spacial score (nSPS) is 11.1. The number of hydrogen-bond acceptors (Lipinski definition) is 4. The Hall–Kier alpha value is -4.66. The van der Waals surface area contributed by atoms with E-state index in [1.807, 2.05) is 0 Å². The van der Waals surface area contributed by atoms with Crippen molar-refractivity contribution in [2.45, 2.75) is 12.7 Å². The lowest BCUT2D eigenvalue weighted by Gasteiger charge is -2.23. The first-order valence-electron chi connectivity index (χ1n) is 10.9. The third-order valence-corrected chi connectivity index (χ3v) is 5.45. The summed E-state index contributed by atoms with van der Waals surface area (Å²) in [5.74, 6) is -0.178. The number of carbonyl (C=O) groups is 2.